The van der Waals surface area contributed by atoms with E-state index in [1.807, 2.05) is 24.3 Å². The van der Waals surface area contributed by atoms with Gasteiger partial charge in [0, 0.05) is 19.8 Å². The van der Waals surface area contributed by atoms with Gasteiger partial charge < -0.3 is 19.8 Å². The number of benzene rings is 1. The Hall–Kier alpha value is -2.38. The van der Waals surface area contributed by atoms with E-state index in [0.29, 0.717) is 11.3 Å². The summed E-state index contributed by atoms with van der Waals surface area (Å²) in [5, 5.41) is 22.4. The van der Waals surface area contributed by atoms with Crippen LogP contribution in [0.15, 0.2) is 36.7 Å². The summed E-state index contributed by atoms with van der Waals surface area (Å²) in [5.74, 6) is 0.363. The number of rotatable bonds is 6. The van der Waals surface area contributed by atoms with Crippen molar-refractivity contribution in [3.63, 3.8) is 0 Å². The standard InChI is InChI=1S/C15H19N3O4/c1-17(9-12(20)10-19)15(21)11-7-16-18(8-11)13-5-3-4-6-14(13)22-2/h3-8,12,19-20H,9-10H2,1-2H3. The van der Waals surface area contributed by atoms with Crippen LogP contribution in [0.25, 0.3) is 5.69 Å². The van der Waals surface area contributed by atoms with Crippen LogP contribution >= 0.6 is 0 Å². The number of aliphatic hydroxyl groups is 2. The normalized spacial score (nSPS) is 12.0. The van der Waals surface area contributed by atoms with E-state index in [2.05, 4.69) is 5.10 Å². The summed E-state index contributed by atoms with van der Waals surface area (Å²) in [5.41, 5.74) is 1.11. The van der Waals surface area contributed by atoms with Crippen LogP contribution in [0, 0.1) is 0 Å². The molecule has 1 unspecified atom stereocenters. The monoisotopic (exact) mass is 305 g/mol. The zero-order chi connectivity index (χ0) is 16.1. The number of aromatic nitrogens is 2. The maximum atomic E-state index is 12.2. The van der Waals surface area contributed by atoms with Crippen LogP contribution in [0.3, 0.4) is 0 Å². The molecule has 7 heteroatoms. The van der Waals surface area contributed by atoms with E-state index < -0.39 is 12.7 Å². The molecule has 1 aromatic heterocycles. The van der Waals surface area contributed by atoms with Crippen molar-refractivity contribution in [2.24, 2.45) is 0 Å². The van der Waals surface area contributed by atoms with Gasteiger partial charge in [0.05, 0.1) is 31.6 Å². The highest BCUT2D eigenvalue weighted by molar-refractivity contribution is 5.93. The summed E-state index contributed by atoms with van der Waals surface area (Å²) in [4.78, 5) is 13.6. The molecule has 1 heterocycles. The van der Waals surface area contributed by atoms with Crippen molar-refractivity contribution in [2.75, 3.05) is 27.3 Å². The number of amides is 1. The second-order valence-electron chi connectivity index (χ2n) is 4.87. The van der Waals surface area contributed by atoms with Crippen LogP contribution in [-0.2, 0) is 0 Å². The maximum Gasteiger partial charge on any atom is 0.256 e. The summed E-state index contributed by atoms with van der Waals surface area (Å²) in [6, 6.07) is 7.34. The van der Waals surface area contributed by atoms with Crippen molar-refractivity contribution in [3.8, 4) is 11.4 Å². The Bertz CT molecular complexity index is 641. The first kappa shape index (κ1) is 16.0. The summed E-state index contributed by atoms with van der Waals surface area (Å²) >= 11 is 0. The number of ether oxygens (including phenoxy) is 1. The number of nitrogens with zero attached hydrogens (tertiary/aromatic N) is 3. The number of aliphatic hydroxyl groups excluding tert-OH is 2. The molecule has 1 aromatic carbocycles. The summed E-state index contributed by atoms with van der Waals surface area (Å²) < 4.78 is 6.83. The Morgan fingerprint density at radius 1 is 1.45 bits per heavy atom. The molecule has 22 heavy (non-hydrogen) atoms. The van der Waals surface area contributed by atoms with Crippen LogP contribution < -0.4 is 4.74 Å². The Morgan fingerprint density at radius 3 is 2.86 bits per heavy atom. The van der Waals surface area contributed by atoms with Crippen molar-refractivity contribution in [1.82, 2.24) is 14.7 Å². The number of carbonyl (C=O) groups is 1. The zero-order valence-electron chi connectivity index (χ0n) is 12.5. The van der Waals surface area contributed by atoms with Gasteiger partial charge in [0.25, 0.3) is 5.91 Å². The third-order valence-corrected chi connectivity index (χ3v) is 3.20. The minimum Gasteiger partial charge on any atom is -0.494 e. The number of carbonyl (C=O) groups excluding carboxylic acids is 1. The summed E-state index contributed by atoms with van der Waals surface area (Å²) in [7, 11) is 3.13. The van der Waals surface area contributed by atoms with E-state index in [1.54, 1.807) is 25.0 Å². The number of hydrogen-bond donors (Lipinski definition) is 2. The lowest BCUT2D eigenvalue weighted by atomic mass is 10.2. The van der Waals surface area contributed by atoms with E-state index >= 15 is 0 Å². The van der Waals surface area contributed by atoms with Crippen molar-refractivity contribution in [1.29, 1.82) is 0 Å². The molecule has 0 aliphatic carbocycles. The lowest BCUT2D eigenvalue weighted by molar-refractivity contribution is 0.0520. The van der Waals surface area contributed by atoms with E-state index in [-0.39, 0.29) is 12.5 Å². The molecule has 7 nitrogen and oxygen atoms in total. The quantitative estimate of drug-likeness (QED) is 0.802. The molecule has 0 radical (unpaired) electrons. The van der Waals surface area contributed by atoms with Gasteiger partial charge in [0.1, 0.15) is 11.4 Å². The number of hydrogen-bond acceptors (Lipinski definition) is 5. The van der Waals surface area contributed by atoms with Gasteiger partial charge in [-0.1, -0.05) is 12.1 Å². The first-order valence-corrected chi connectivity index (χ1v) is 6.79. The molecule has 2 rings (SSSR count). The van der Waals surface area contributed by atoms with Gasteiger partial charge in [-0.05, 0) is 12.1 Å². The van der Waals surface area contributed by atoms with Crippen molar-refractivity contribution in [2.45, 2.75) is 6.10 Å². The average Bonchev–Trinajstić information content (AvgIpc) is 3.03. The molecule has 0 fully saturated rings. The van der Waals surface area contributed by atoms with Crippen LogP contribution in [0.2, 0.25) is 0 Å². The second-order valence-corrected chi connectivity index (χ2v) is 4.87. The van der Waals surface area contributed by atoms with Crippen molar-refractivity contribution < 1.29 is 19.7 Å². The molecule has 118 valence electrons. The van der Waals surface area contributed by atoms with Gasteiger partial charge in [0.15, 0.2) is 0 Å². The molecule has 2 aromatic rings. The molecule has 0 saturated heterocycles. The Morgan fingerprint density at radius 2 is 2.18 bits per heavy atom. The minimum atomic E-state index is -0.960. The Labute approximate surface area is 128 Å². The van der Waals surface area contributed by atoms with Gasteiger partial charge in [-0.15, -0.1) is 0 Å². The van der Waals surface area contributed by atoms with Gasteiger partial charge >= 0.3 is 0 Å². The lowest BCUT2D eigenvalue weighted by Gasteiger charge is -2.18. The number of likely N-dealkylation sites (N-methyl/N-ethyl adjacent to an activating group) is 1. The third kappa shape index (κ3) is 3.44. The zero-order valence-corrected chi connectivity index (χ0v) is 12.5. The van der Waals surface area contributed by atoms with Crippen molar-refractivity contribution >= 4 is 5.91 Å². The van der Waals surface area contributed by atoms with Gasteiger partial charge in [-0.25, -0.2) is 4.68 Å². The maximum absolute atomic E-state index is 12.2. The van der Waals surface area contributed by atoms with E-state index in [4.69, 9.17) is 9.84 Å². The van der Waals surface area contributed by atoms with Gasteiger partial charge in [-0.3, -0.25) is 4.79 Å². The summed E-state index contributed by atoms with van der Waals surface area (Å²) in [6.45, 7) is -0.340. The van der Waals surface area contributed by atoms with Crippen LogP contribution in [0.4, 0.5) is 0 Å². The molecular weight excluding hydrogens is 286 g/mol. The molecular formula is C15H19N3O4. The van der Waals surface area contributed by atoms with Crippen LogP contribution in [0.1, 0.15) is 10.4 Å². The largest absolute Gasteiger partial charge is 0.494 e. The highest BCUT2D eigenvalue weighted by atomic mass is 16.5. The molecule has 1 atom stereocenters. The first-order chi connectivity index (χ1) is 10.6. The fraction of sp³-hybridized carbons (Fsp3) is 0.333. The molecule has 0 saturated carbocycles. The smallest absolute Gasteiger partial charge is 0.256 e. The third-order valence-electron chi connectivity index (χ3n) is 3.20. The van der Waals surface area contributed by atoms with Gasteiger partial charge in [0.2, 0.25) is 0 Å². The topological polar surface area (TPSA) is 87.8 Å². The molecule has 0 aliphatic rings. The molecule has 0 bridgehead atoms. The second kappa shape index (κ2) is 7.06. The fourth-order valence-electron chi connectivity index (χ4n) is 2.06. The molecule has 1 amide bonds. The highest BCUT2D eigenvalue weighted by Crippen LogP contribution is 2.21. The van der Waals surface area contributed by atoms with E-state index in [0.717, 1.165) is 5.69 Å². The van der Waals surface area contributed by atoms with Crippen LogP contribution in [0.5, 0.6) is 5.75 Å². The predicted octanol–water partition coefficient (Wildman–Crippen LogP) is 0.306. The predicted molar refractivity (Wildman–Crippen MR) is 80.2 cm³/mol. The average molecular weight is 305 g/mol. The molecule has 0 aliphatic heterocycles. The molecule has 2 N–H and O–H groups in total. The van der Waals surface area contributed by atoms with E-state index in [9.17, 15) is 9.90 Å². The number of methoxy groups -OCH3 is 1. The van der Waals surface area contributed by atoms with Crippen LogP contribution in [-0.4, -0.2) is 64.2 Å². The lowest BCUT2D eigenvalue weighted by Crippen LogP contribution is -2.35. The minimum absolute atomic E-state index is 0.0508. The van der Waals surface area contributed by atoms with E-state index in [1.165, 1.54) is 11.1 Å². The SMILES string of the molecule is COc1ccccc1-n1cc(C(=O)N(C)CC(O)CO)cn1. The Kier molecular flexibility index (Phi) is 5.13. The Balaban J connectivity index is 2.19. The van der Waals surface area contributed by atoms with Gasteiger partial charge in [-0.2, -0.15) is 5.10 Å². The molecule has 0 spiro atoms. The highest BCUT2D eigenvalue weighted by Gasteiger charge is 2.17. The summed E-state index contributed by atoms with van der Waals surface area (Å²) in [6.07, 6.45) is 2.09. The fourth-order valence-corrected chi connectivity index (χ4v) is 2.06. The number of para-hydroxylation sites is 2. The van der Waals surface area contributed by atoms with Crippen molar-refractivity contribution in [3.05, 3.63) is 42.2 Å². The first-order valence-electron chi connectivity index (χ1n) is 6.79.